The molecule has 2 unspecified atom stereocenters. The van der Waals surface area contributed by atoms with Gasteiger partial charge in [0.15, 0.2) is 0 Å². The van der Waals surface area contributed by atoms with E-state index in [2.05, 4.69) is 0 Å². The predicted molar refractivity (Wildman–Crippen MR) is 47.2 cm³/mol. The van der Waals surface area contributed by atoms with Crippen molar-refractivity contribution in [3.05, 3.63) is 0 Å². The number of hydrogen-bond acceptors (Lipinski definition) is 2. The molecule has 0 saturated carbocycles. The fourth-order valence-electron chi connectivity index (χ4n) is 1.61. The molecule has 2 atom stereocenters. The van der Waals surface area contributed by atoms with Gasteiger partial charge in [0, 0.05) is 0 Å². The van der Waals surface area contributed by atoms with Crippen LogP contribution < -0.4 is 0 Å². The topological polar surface area (TPSA) is 37.3 Å². The van der Waals surface area contributed by atoms with Crippen LogP contribution in [0.3, 0.4) is 0 Å². The molecule has 82 valence electrons. The van der Waals surface area contributed by atoms with E-state index in [1.807, 2.05) is 0 Å². The average Bonchev–Trinajstić information content (AvgIpc) is 2.49. The summed E-state index contributed by atoms with van der Waals surface area (Å²) < 4.78 is 37.4. The van der Waals surface area contributed by atoms with Crippen LogP contribution in [0.25, 0.3) is 0 Å². The van der Waals surface area contributed by atoms with Crippen molar-refractivity contribution in [2.24, 2.45) is 11.8 Å². The Morgan fingerprint density at radius 2 is 2.21 bits per heavy atom. The first-order chi connectivity index (χ1) is 6.41. The molecule has 0 aliphatic carbocycles. The van der Waals surface area contributed by atoms with Crippen LogP contribution in [-0.4, -0.2) is 28.8 Å². The molecule has 1 saturated heterocycles. The molecular weight excluding hydrogens is 217 g/mol. The summed E-state index contributed by atoms with van der Waals surface area (Å²) in [5.74, 6) is -2.43. The lowest BCUT2D eigenvalue weighted by molar-refractivity contribution is -0.193. The third kappa shape index (κ3) is 3.08. The Kier molecular flexibility index (Phi) is 3.69. The zero-order valence-electron chi connectivity index (χ0n) is 7.38. The Morgan fingerprint density at radius 1 is 1.57 bits per heavy atom. The van der Waals surface area contributed by atoms with Crippen molar-refractivity contribution >= 4 is 17.7 Å². The lowest BCUT2D eigenvalue weighted by atomic mass is 9.88. The number of hydrogen-bond donors (Lipinski definition) is 1. The van der Waals surface area contributed by atoms with Gasteiger partial charge in [-0.05, 0) is 23.8 Å². The molecule has 0 radical (unpaired) electrons. The molecule has 0 aromatic rings. The molecule has 0 bridgehead atoms. The maximum atomic E-state index is 12.5. The zero-order chi connectivity index (χ0) is 10.8. The number of halogens is 3. The van der Waals surface area contributed by atoms with Crippen LogP contribution in [0.1, 0.15) is 12.8 Å². The average molecular weight is 228 g/mol. The van der Waals surface area contributed by atoms with Crippen LogP contribution in [0, 0.1) is 11.8 Å². The highest BCUT2D eigenvalue weighted by molar-refractivity contribution is 7.99. The van der Waals surface area contributed by atoms with Crippen LogP contribution in [0.15, 0.2) is 0 Å². The zero-order valence-corrected chi connectivity index (χ0v) is 8.20. The SMILES string of the molecule is O=C(O)CC(C1CCSC1)C(F)(F)F. The first-order valence-electron chi connectivity index (χ1n) is 4.27. The number of carboxylic acid groups (broad SMARTS) is 1. The quantitative estimate of drug-likeness (QED) is 0.805. The molecule has 1 N–H and O–H groups in total. The van der Waals surface area contributed by atoms with E-state index in [-0.39, 0.29) is 0 Å². The van der Waals surface area contributed by atoms with Crippen molar-refractivity contribution in [3.8, 4) is 0 Å². The van der Waals surface area contributed by atoms with E-state index in [1.165, 1.54) is 11.8 Å². The summed E-state index contributed by atoms with van der Waals surface area (Å²) in [7, 11) is 0. The lowest BCUT2D eigenvalue weighted by Crippen LogP contribution is -2.32. The van der Waals surface area contributed by atoms with Gasteiger partial charge in [0.1, 0.15) is 0 Å². The molecule has 1 aliphatic heterocycles. The van der Waals surface area contributed by atoms with E-state index in [9.17, 15) is 18.0 Å². The second-order valence-corrected chi connectivity index (χ2v) is 4.52. The second kappa shape index (κ2) is 4.42. The Hall–Kier alpha value is -0.390. The molecule has 0 aromatic heterocycles. The van der Waals surface area contributed by atoms with E-state index in [0.717, 1.165) is 0 Å². The Bertz CT molecular complexity index is 211. The van der Waals surface area contributed by atoms with Crippen molar-refractivity contribution in [3.63, 3.8) is 0 Å². The summed E-state index contributed by atoms with van der Waals surface area (Å²) in [4.78, 5) is 10.3. The van der Waals surface area contributed by atoms with Gasteiger partial charge in [0.25, 0.3) is 0 Å². The molecule has 6 heteroatoms. The van der Waals surface area contributed by atoms with Crippen LogP contribution in [0.5, 0.6) is 0 Å². The largest absolute Gasteiger partial charge is 0.481 e. The van der Waals surface area contributed by atoms with E-state index in [4.69, 9.17) is 5.11 Å². The molecule has 0 amide bonds. The standard InChI is InChI=1S/C8H11F3O2S/c9-8(10,11)6(3-7(12)13)5-1-2-14-4-5/h5-6H,1-4H2,(H,12,13). The highest BCUT2D eigenvalue weighted by Crippen LogP contribution is 2.41. The Morgan fingerprint density at radius 3 is 2.57 bits per heavy atom. The molecular formula is C8H11F3O2S. The Labute approximate surface area is 83.9 Å². The van der Waals surface area contributed by atoms with Gasteiger partial charge in [-0.25, -0.2) is 0 Å². The van der Waals surface area contributed by atoms with E-state index in [0.29, 0.717) is 17.9 Å². The summed E-state index contributed by atoms with van der Waals surface area (Å²) in [6.07, 6.45) is -4.70. The van der Waals surface area contributed by atoms with Crippen LogP contribution in [-0.2, 0) is 4.79 Å². The van der Waals surface area contributed by atoms with Gasteiger partial charge in [-0.1, -0.05) is 0 Å². The van der Waals surface area contributed by atoms with Gasteiger partial charge >= 0.3 is 12.1 Å². The van der Waals surface area contributed by atoms with Crippen LogP contribution in [0.4, 0.5) is 13.2 Å². The molecule has 1 fully saturated rings. The number of alkyl halides is 3. The highest BCUT2D eigenvalue weighted by Gasteiger charge is 2.46. The third-order valence-electron chi connectivity index (χ3n) is 2.35. The summed E-state index contributed by atoms with van der Waals surface area (Å²) in [6.45, 7) is 0. The van der Waals surface area contributed by atoms with Crippen LogP contribution >= 0.6 is 11.8 Å². The second-order valence-electron chi connectivity index (χ2n) is 3.37. The number of thioether (sulfide) groups is 1. The maximum absolute atomic E-state index is 12.5. The minimum absolute atomic E-state index is 0.428. The molecule has 1 aliphatic rings. The number of rotatable bonds is 3. The minimum atomic E-state index is -4.38. The predicted octanol–water partition coefficient (Wildman–Crippen LogP) is 2.39. The fourth-order valence-corrected chi connectivity index (χ4v) is 2.95. The summed E-state index contributed by atoms with van der Waals surface area (Å²) >= 11 is 1.46. The third-order valence-corrected chi connectivity index (χ3v) is 3.54. The van der Waals surface area contributed by atoms with Crippen molar-refractivity contribution in [2.45, 2.75) is 19.0 Å². The van der Waals surface area contributed by atoms with Gasteiger partial charge in [-0.15, -0.1) is 0 Å². The van der Waals surface area contributed by atoms with E-state index >= 15 is 0 Å². The summed E-state index contributed by atoms with van der Waals surface area (Å²) in [5.41, 5.74) is 0. The maximum Gasteiger partial charge on any atom is 0.392 e. The Balaban J connectivity index is 2.65. The van der Waals surface area contributed by atoms with Gasteiger partial charge in [-0.3, -0.25) is 4.79 Å². The van der Waals surface area contributed by atoms with E-state index in [1.54, 1.807) is 0 Å². The molecule has 2 nitrogen and oxygen atoms in total. The lowest BCUT2D eigenvalue weighted by Gasteiger charge is -2.23. The monoisotopic (exact) mass is 228 g/mol. The highest BCUT2D eigenvalue weighted by atomic mass is 32.2. The smallest absolute Gasteiger partial charge is 0.392 e. The van der Waals surface area contributed by atoms with Crippen molar-refractivity contribution < 1.29 is 23.1 Å². The number of carboxylic acids is 1. The minimum Gasteiger partial charge on any atom is -0.481 e. The molecule has 1 heterocycles. The first kappa shape index (κ1) is 11.7. The van der Waals surface area contributed by atoms with Gasteiger partial charge < -0.3 is 5.11 Å². The van der Waals surface area contributed by atoms with Crippen molar-refractivity contribution in [2.75, 3.05) is 11.5 Å². The molecule has 0 aromatic carbocycles. The van der Waals surface area contributed by atoms with E-state index < -0.39 is 30.4 Å². The molecule has 1 rings (SSSR count). The number of carbonyl (C=O) groups is 1. The normalized spacial score (nSPS) is 24.9. The fraction of sp³-hybridized carbons (Fsp3) is 0.875. The summed E-state index contributed by atoms with van der Waals surface area (Å²) in [6, 6.07) is 0. The molecule has 0 spiro atoms. The van der Waals surface area contributed by atoms with Gasteiger partial charge in [-0.2, -0.15) is 24.9 Å². The van der Waals surface area contributed by atoms with Crippen LogP contribution in [0.2, 0.25) is 0 Å². The summed E-state index contributed by atoms with van der Waals surface area (Å²) in [5, 5.41) is 8.40. The van der Waals surface area contributed by atoms with Gasteiger partial charge in [0.2, 0.25) is 0 Å². The first-order valence-corrected chi connectivity index (χ1v) is 5.43. The van der Waals surface area contributed by atoms with Crippen molar-refractivity contribution in [1.82, 2.24) is 0 Å². The van der Waals surface area contributed by atoms with Crippen molar-refractivity contribution in [1.29, 1.82) is 0 Å². The molecule has 14 heavy (non-hydrogen) atoms. The van der Waals surface area contributed by atoms with Gasteiger partial charge in [0.05, 0.1) is 12.3 Å². The number of aliphatic carboxylic acids is 1.